The molecule has 0 aromatic heterocycles. The van der Waals surface area contributed by atoms with Crippen LogP contribution in [-0.2, 0) is 4.79 Å². The summed E-state index contributed by atoms with van der Waals surface area (Å²) in [6.45, 7) is 8.54. The molecule has 2 aliphatic rings. The Kier molecular flexibility index (Phi) is 3.15. The minimum Gasteiger partial charge on any atom is -0.394 e. The molecule has 3 heteroatoms. The Morgan fingerprint density at radius 3 is 2.71 bits per heavy atom. The van der Waals surface area contributed by atoms with Crippen LogP contribution in [0, 0.1) is 23.2 Å². The number of aliphatic hydroxyl groups is 1. The molecule has 2 rings (SSSR count). The van der Waals surface area contributed by atoms with Crippen molar-refractivity contribution in [3.63, 3.8) is 0 Å². The van der Waals surface area contributed by atoms with Gasteiger partial charge in [0.15, 0.2) is 0 Å². The van der Waals surface area contributed by atoms with Crippen molar-refractivity contribution >= 4 is 11.5 Å². The van der Waals surface area contributed by atoms with Crippen LogP contribution in [0.5, 0.6) is 0 Å². The monoisotopic (exact) mass is 237 g/mol. The van der Waals surface area contributed by atoms with Crippen LogP contribution in [0.15, 0.2) is 4.99 Å². The molecule has 2 saturated carbocycles. The molecule has 0 radical (unpaired) electrons. The summed E-state index contributed by atoms with van der Waals surface area (Å²) in [6.07, 6.45) is 1.55. The molecule has 2 fully saturated rings. The van der Waals surface area contributed by atoms with Gasteiger partial charge < -0.3 is 5.11 Å². The van der Waals surface area contributed by atoms with Crippen LogP contribution in [0.25, 0.3) is 0 Å². The largest absolute Gasteiger partial charge is 0.394 e. The molecule has 96 valence electrons. The fourth-order valence-electron chi connectivity index (χ4n) is 3.50. The topological polar surface area (TPSA) is 49.7 Å². The average molecular weight is 237 g/mol. The third kappa shape index (κ3) is 1.95. The molecule has 1 unspecified atom stereocenters. The second-order valence-electron chi connectivity index (χ2n) is 6.12. The molecule has 2 aliphatic carbocycles. The maximum Gasteiger partial charge on any atom is 0.142 e. The summed E-state index contributed by atoms with van der Waals surface area (Å²) in [5.41, 5.74) is 1.25. The molecular formula is C14H23NO2. The number of nitrogens with zero attached hydrogens (tertiary/aromatic N) is 1. The van der Waals surface area contributed by atoms with Gasteiger partial charge in [-0.2, -0.15) is 0 Å². The molecule has 0 amide bonds. The van der Waals surface area contributed by atoms with E-state index in [-0.39, 0.29) is 18.6 Å². The molecule has 0 aromatic carbocycles. The van der Waals surface area contributed by atoms with Crippen LogP contribution in [0.3, 0.4) is 0 Å². The Hall–Kier alpha value is -0.700. The molecule has 1 N–H and O–H groups in total. The van der Waals surface area contributed by atoms with Gasteiger partial charge >= 0.3 is 0 Å². The summed E-state index contributed by atoms with van der Waals surface area (Å²) in [5, 5.41) is 9.17. The van der Waals surface area contributed by atoms with E-state index in [1.54, 1.807) is 0 Å². The molecule has 0 bridgehead atoms. The van der Waals surface area contributed by atoms with Gasteiger partial charge in [-0.25, -0.2) is 0 Å². The Balaban J connectivity index is 2.14. The van der Waals surface area contributed by atoms with E-state index in [9.17, 15) is 9.90 Å². The lowest BCUT2D eigenvalue weighted by molar-refractivity contribution is -0.120. The molecule has 3 nitrogen and oxygen atoms in total. The lowest BCUT2D eigenvalue weighted by atomic mass is 9.88. The number of fused-ring (bicyclic) bond motifs is 1. The van der Waals surface area contributed by atoms with Gasteiger partial charge in [0.05, 0.1) is 18.6 Å². The smallest absolute Gasteiger partial charge is 0.142 e. The van der Waals surface area contributed by atoms with Gasteiger partial charge in [-0.1, -0.05) is 20.8 Å². The van der Waals surface area contributed by atoms with Crippen LogP contribution in [0.4, 0.5) is 0 Å². The van der Waals surface area contributed by atoms with Crippen molar-refractivity contribution in [2.75, 3.05) is 6.61 Å². The number of aliphatic imine (C=N–C) groups is 1. The lowest BCUT2D eigenvalue weighted by Crippen LogP contribution is -2.26. The highest BCUT2D eigenvalue weighted by atomic mass is 16.3. The van der Waals surface area contributed by atoms with E-state index in [4.69, 9.17) is 0 Å². The molecule has 0 aliphatic heterocycles. The highest BCUT2D eigenvalue weighted by molar-refractivity contribution is 6.07. The van der Waals surface area contributed by atoms with Gasteiger partial charge in [0.2, 0.25) is 0 Å². The second kappa shape index (κ2) is 4.20. The van der Waals surface area contributed by atoms with Crippen LogP contribution in [0.1, 0.15) is 40.5 Å². The first-order valence-electron chi connectivity index (χ1n) is 6.61. The number of carbonyl (C=O) groups is 1. The molecule has 0 heterocycles. The quantitative estimate of drug-likeness (QED) is 0.761. The zero-order valence-electron chi connectivity index (χ0n) is 11.2. The van der Waals surface area contributed by atoms with Gasteiger partial charge in [-0.05, 0) is 30.6 Å². The standard InChI is InChI=1S/C14H23NO2/c1-5-9(7-16)15-8(2)12-11(17)6-10-13(12)14(10,3)4/h9-10,12-13,16H,5-7H2,1-4H3/t9-,10-,12?,13-/m1/s1. The minimum absolute atomic E-state index is 0.0237. The van der Waals surface area contributed by atoms with Crippen LogP contribution >= 0.6 is 0 Å². The summed E-state index contributed by atoms with van der Waals surface area (Å²) in [6, 6.07) is -0.0382. The average Bonchev–Trinajstić information content (AvgIpc) is 2.64. The summed E-state index contributed by atoms with van der Waals surface area (Å²) in [5.74, 6) is 1.44. The zero-order chi connectivity index (χ0) is 12.8. The van der Waals surface area contributed by atoms with E-state index < -0.39 is 0 Å². The number of Topliss-reactive ketones (excluding diaryl/α,β-unsaturated/α-hetero) is 1. The SMILES string of the molecule is CC[C@H](CO)N=C(C)C1C(=O)C[C@@H]2[C@H]1C2(C)C. The predicted molar refractivity (Wildman–Crippen MR) is 68.1 cm³/mol. The fourth-order valence-corrected chi connectivity index (χ4v) is 3.50. The van der Waals surface area contributed by atoms with E-state index in [1.165, 1.54) is 0 Å². The molecular weight excluding hydrogens is 214 g/mol. The van der Waals surface area contributed by atoms with Crippen molar-refractivity contribution in [3.05, 3.63) is 0 Å². The first kappa shape index (κ1) is 12.7. The summed E-state index contributed by atoms with van der Waals surface area (Å²) in [4.78, 5) is 16.5. The highest BCUT2D eigenvalue weighted by Gasteiger charge is 2.67. The Morgan fingerprint density at radius 1 is 1.59 bits per heavy atom. The van der Waals surface area contributed by atoms with E-state index >= 15 is 0 Å². The van der Waals surface area contributed by atoms with Gasteiger partial charge in [0, 0.05) is 12.1 Å². The van der Waals surface area contributed by atoms with Gasteiger partial charge in [-0.15, -0.1) is 0 Å². The van der Waals surface area contributed by atoms with E-state index in [0.717, 1.165) is 18.6 Å². The lowest BCUT2D eigenvalue weighted by Gasteiger charge is -2.18. The molecule has 0 aromatic rings. The fraction of sp³-hybridized carbons (Fsp3) is 0.857. The van der Waals surface area contributed by atoms with Crippen molar-refractivity contribution in [1.82, 2.24) is 0 Å². The Bertz CT molecular complexity index is 355. The van der Waals surface area contributed by atoms with E-state index in [2.05, 4.69) is 18.8 Å². The Morgan fingerprint density at radius 2 is 2.24 bits per heavy atom. The summed E-state index contributed by atoms with van der Waals surface area (Å²) in [7, 11) is 0. The highest BCUT2D eigenvalue weighted by Crippen LogP contribution is 2.68. The van der Waals surface area contributed by atoms with Crippen molar-refractivity contribution < 1.29 is 9.90 Å². The maximum atomic E-state index is 12.0. The van der Waals surface area contributed by atoms with Crippen LogP contribution in [0.2, 0.25) is 0 Å². The normalized spacial score (nSPS) is 36.9. The van der Waals surface area contributed by atoms with Crippen molar-refractivity contribution in [2.24, 2.45) is 28.2 Å². The predicted octanol–water partition coefficient (Wildman–Crippen LogP) is 2.08. The first-order valence-corrected chi connectivity index (χ1v) is 6.61. The first-order chi connectivity index (χ1) is 7.93. The maximum absolute atomic E-state index is 12.0. The Labute approximate surface area is 103 Å². The third-order valence-electron chi connectivity index (χ3n) is 4.78. The van der Waals surface area contributed by atoms with Gasteiger partial charge in [-0.3, -0.25) is 9.79 Å². The molecule has 0 spiro atoms. The minimum atomic E-state index is -0.0382. The van der Waals surface area contributed by atoms with Crippen LogP contribution in [-0.4, -0.2) is 29.3 Å². The number of ketones is 1. The number of carbonyl (C=O) groups excluding carboxylic acids is 1. The molecule has 4 atom stereocenters. The van der Waals surface area contributed by atoms with Crippen molar-refractivity contribution in [1.29, 1.82) is 0 Å². The molecule has 17 heavy (non-hydrogen) atoms. The summed E-state index contributed by atoms with van der Waals surface area (Å²) < 4.78 is 0. The number of hydrogen-bond acceptors (Lipinski definition) is 3. The van der Waals surface area contributed by atoms with Crippen LogP contribution < -0.4 is 0 Å². The number of hydrogen-bond donors (Lipinski definition) is 1. The van der Waals surface area contributed by atoms with E-state index in [1.807, 2.05) is 13.8 Å². The number of aliphatic hydroxyl groups excluding tert-OH is 1. The van der Waals surface area contributed by atoms with Crippen molar-refractivity contribution in [2.45, 2.75) is 46.6 Å². The van der Waals surface area contributed by atoms with Gasteiger partial charge in [0.25, 0.3) is 0 Å². The third-order valence-corrected chi connectivity index (χ3v) is 4.78. The second-order valence-corrected chi connectivity index (χ2v) is 6.12. The summed E-state index contributed by atoms with van der Waals surface area (Å²) >= 11 is 0. The zero-order valence-corrected chi connectivity index (χ0v) is 11.2. The number of rotatable bonds is 4. The molecule has 0 saturated heterocycles. The van der Waals surface area contributed by atoms with E-state index in [0.29, 0.717) is 23.0 Å². The van der Waals surface area contributed by atoms with Gasteiger partial charge in [0.1, 0.15) is 5.78 Å². The van der Waals surface area contributed by atoms with Crippen molar-refractivity contribution in [3.8, 4) is 0 Å².